The Morgan fingerprint density at radius 1 is 1.00 bits per heavy atom. The Hall–Kier alpha value is -2.49. The molecule has 0 aliphatic carbocycles. The second kappa shape index (κ2) is 6.61. The summed E-state index contributed by atoms with van der Waals surface area (Å²) in [7, 11) is 0. The van der Waals surface area contributed by atoms with Crippen LogP contribution in [0.5, 0.6) is 0 Å². The largest absolute Gasteiger partial charge is 0.348 e. The second-order valence-corrected chi connectivity index (χ2v) is 4.37. The molecule has 20 heavy (non-hydrogen) atoms. The molecular formula is C16H14FNO2. The van der Waals surface area contributed by atoms with Crippen molar-refractivity contribution in [2.75, 3.05) is 6.54 Å². The van der Waals surface area contributed by atoms with Crippen molar-refractivity contribution in [3.63, 3.8) is 0 Å². The quantitative estimate of drug-likeness (QED) is 0.849. The molecule has 0 saturated carbocycles. The highest BCUT2D eigenvalue weighted by Gasteiger charge is 2.08. The number of nitrogens with one attached hydrogen (secondary N) is 1. The first-order valence-corrected chi connectivity index (χ1v) is 6.24. The summed E-state index contributed by atoms with van der Waals surface area (Å²) < 4.78 is 13.0. The molecule has 2 rings (SSSR count). The van der Waals surface area contributed by atoms with Crippen LogP contribution >= 0.6 is 0 Å². The van der Waals surface area contributed by atoms with E-state index in [2.05, 4.69) is 5.32 Å². The zero-order valence-electron chi connectivity index (χ0n) is 10.8. The van der Waals surface area contributed by atoms with Crippen LogP contribution in [0.3, 0.4) is 0 Å². The maximum Gasteiger partial charge on any atom is 0.224 e. The molecule has 0 radical (unpaired) electrons. The maximum atomic E-state index is 13.0. The van der Waals surface area contributed by atoms with Crippen LogP contribution in [0.4, 0.5) is 4.39 Å². The van der Waals surface area contributed by atoms with Gasteiger partial charge in [0.1, 0.15) is 5.82 Å². The molecule has 0 heterocycles. The van der Waals surface area contributed by atoms with Crippen molar-refractivity contribution >= 4 is 11.7 Å². The van der Waals surface area contributed by atoms with Crippen molar-refractivity contribution in [1.82, 2.24) is 5.32 Å². The van der Waals surface area contributed by atoms with E-state index in [4.69, 9.17) is 0 Å². The number of ketones is 1. The van der Waals surface area contributed by atoms with Gasteiger partial charge in [-0.25, -0.2) is 4.39 Å². The van der Waals surface area contributed by atoms with Crippen LogP contribution < -0.4 is 5.32 Å². The Balaban J connectivity index is 1.85. The van der Waals surface area contributed by atoms with Gasteiger partial charge in [0.15, 0.2) is 5.78 Å². The topological polar surface area (TPSA) is 46.2 Å². The van der Waals surface area contributed by atoms with E-state index in [1.54, 1.807) is 36.4 Å². The van der Waals surface area contributed by atoms with Crippen molar-refractivity contribution in [3.05, 3.63) is 71.5 Å². The van der Waals surface area contributed by atoms with Crippen LogP contribution in [0.1, 0.15) is 15.9 Å². The minimum atomic E-state index is -0.379. The second-order valence-electron chi connectivity index (χ2n) is 4.37. The number of carbonyl (C=O) groups is 2. The van der Waals surface area contributed by atoms with E-state index in [0.717, 1.165) is 0 Å². The van der Waals surface area contributed by atoms with Crippen molar-refractivity contribution in [1.29, 1.82) is 0 Å². The van der Waals surface area contributed by atoms with Gasteiger partial charge in [0.25, 0.3) is 0 Å². The van der Waals surface area contributed by atoms with Crippen molar-refractivity contribution in [2.45, 2.75) is 6.42 Å². The number of hydrogen-bond acceptors (Lipinski definition) is 2. The van der Waals surface area contributed by atoms with Crippen LogP contribution in [-0.4, -0.2) is 18.2 Å². The number of benzene rings is 2. The van der Waals surface area contributed by atoms with Gasteiger partial charge in [0.2, 0.25) is 5.91 Å². The Labute approximate surface area is 116 Å². The Kier molecular flexibility index (Phi) is 4.60. The molecule has 0 aromatic heterocycles. The highest BCUT2D eigenvalue weighted by atomic mass is 19.1. The third kappa shape index (κ3) is 4.02. The van der Waals surface area contributed by atoms with E-state index >= 15 is 0 Å². The predicted molar refractivity (Wildman–Crippen MR) is 73.9 cm³/mol. The number of rotatable bonds is 5. The van der Waals surface area contributed by atoms with Gasteiger partial charge in [0.05, 0.1) is 13.0 Å². The van der Waals surface area contributed by atoms with Gasteiger partial charge in [-0.1, -0.05) is 42.5 Å². The van der Waals surface area contributed by atoms with Crippen LogP contribution in [0.25, 0.3) is 0 Å². The molecule has 0 bridgehead atoms. The number of amides is 1. The Bertz CT molecular complexity index is 611. The number of Topliss-reactive ketones (excluding diaryl/α,β-unsaturated/α-hetero) is 1. The fourth-order valence-corrected chi connectivity index (χ4v) is 1.80. The summed E-state index contributed by atoms with van der Waals surface area (Å²) in [4.78, 5) is 23.5. The lowest BCUT2D eigenvalue weighted by Gasteiger charge is -2.05. The molecule has 0 spiro atoms. The van der Waals surface area contributed by atoms with E-state index in [9.17, 15) is 14.0 Å². The highest BCUT2D eigenvalue weighted by Crippen LogP contribution is 2.04. The van der Waals surface area contributed by atoms with Gasteiger partial charge in [0, 0.05) is 5.56 Å². The van der Waals surface area contributed by atoms with Gasteiger partial charge in [-0.05, 0) is 17.7 Å². The van der Waals surface area contributed by atoms with Crippen LogP contribution in [0.2, 0.25) is 0 Å². The normalized spacial score (nSPS) is 10.1. The molecule has 102 valence electrons. The summed E-state index contributed by atoms with van der Waals surface area (Å²) in [6.45, 7) is -0.0574. The van der Waals surface area contributed by atoms with Crippen LogP contribution in [0, 0.1) is 5.82 Å². The lowest BCUT2D eigenvalue weighted by molar-refractivity contribution is -0.120. The number of carbonyl (C=O) groups excluding carboxylic acids is 2. The van der Waals surface area contributed by atoms with Crippen molar-refractivity contribution in [2.24, 2.45) is 0 Å². The molecule has 1 amide bonds. The monoisotopic (exact) mass is 271 g/mol. The van der Waals surface area contributed by atoms with Crippen LogP contribution in [0.15, 0.2) is 54.6 Å². The Morgan fingerprint density at radius 3 is 2.45 bits per heavy atom. The van der Waals surface area contributed by atoms with E-state index in [1.165, 1.54) is 12.1 Å². The van der Waals surface area contributed by atoms with Crippen molar-refractivity contribution in [3.8, 4) is 0 Å². The summed E-state index contributed by atoms with van der Waals surface area (Å²) in [5.74, 6) is -0.839. The number of halogens is 1. The average Bonchev–Trinajstić information content (AvgIpc) is 2.46. The third-order valence-electron chi connectivity index (χ3n) is 2.80. The molecule has 3 nitrogen and oxygen atoms in total. The lowest BCUT2D eigenvalue weighted by atomic mass is 10.1. The fraction of sp³-hybridized carbons (Fsp3) is 0.125. The first kappa shape index (κ1) is 13.9. The molecule has 1 N–H and O–H groups in total. The zero-order valence-corrected chi connectivity index (χ0v) is 10.8. The predicted octanol–water partition coefficient (Wildman–Crippen LogP) is 2.37. The summed E-state index contributed by atoms with van der Waals surface area (Å²) in [5, 5.41) is 2.54. The van der Waals surface area contributed by atoms with Gasteiger partial charge in [-0.15, -0.1) is 0 Å². The number of hydrogen-bond donors (Lipinski definition) is 1. The molecule has 2 aromatic rings. The molecule has 4 heteroatoms. The minimum absolute atomic E-state index is 0.0554. The maximum absolute atomic E-state index is 13.0. The van der Waals surface area contributed by atoms with Gasteiger partial charge >= 0.3 is 0 Å². The first-order valence-electron chi connectivity index (χ1n) is 6.24. The standard InChI is InChI=1S/C16H14FNO2/c17-14-8-4-5-12(9-14)10-16(20)18-11-15(19)13-6-2-1-3-7-13/h1-9H,10-11H2,(H,18,20). The molecule has 0 fully saturated rings. The minimum Gasteiger partial charge on any atom is -0.348 e. The summed E-state index contributed by atoms with van der Waals surface area (Å²) in [5.41, 5.74) is 1.13. The van der Waals surface area contributed by atoms with Crippen molar-refractivity contribution < 1.29 is 14.0 Å². The molecule has 0 unspecified atom stereocenters. The van der Waals surface area contributed by atoms with E-state index < -0.39 is 0 Å². The van der Waals surface area contributed by atoms with Gasteiger partial charge in [-0.2, -0.15) is 0 Å². The van der Waals surface area contributed by atoms with E-state index in [0.29, 0.717) is 11.1 Å². The molecule has 0 aliphatic heterocycles. The van der Waals surface area contributed by atoms with Gasteiger partial charge in [-0.3, -0.25) is 9.59 Å². The molecule has 0 aliphatic rings. The van der Waals surface area contributed by atoms with E-state index in [1.807, 2.05) is 6.07 Å². The molecular weight excluding hydrogens is 257 g/mol. The summed E-state index contributed by atoms with van der Waals surface area (Å²) in [6.07, 6.45) is 0.0554. The zero-order chi connectivity index (χ0) is 14.4. The highest BCUT2D eigenvalue weighted by molar-refractivity contribution is 5.99. The summed E-state index contributed by atoms with van der Waals surface area (Å²) >= 11 is 0. The lowest BCUT2D eigenvalue weighted by Crippen LogP contribution is -2.30. The fourth-order valence-electron chi connectivity index (χ4n) is 1.80. The van der Waals surface area contributed by atoms with Gasteiger partial charge < -0.3 is 5.32 Å². The summed E-state index contributed by atoms with van der Waals surface area (Å²) in [6, 6.07) is 14.6. The average molecular weight is 271 g/mol. The molecule has 0 saturated heterocycles. The first-order chi connectivity index (χ1) is 9.65. The van der Waals surface area contributed by atoms with Crippen LogP contribution in [-0.2, 0) is 11.2 Å². The molecule has 0 atom stereocenters. The molecule has 2 aromatic carbocycles. The SMILES string of the molecule is O=C(Cc1cccc(F)c1)NCC(=O)c1ccccc1. The smallest absolute Gasteiger partial charge is 0.224 e. The third-order valence-corrected chi connectivity index (χ3v) is 2.80. The van der Waals surface area contributed by atoms with E-state index in [-0.39, 0.29) is 30.5 Å². The Morgan fingerprint density at radius 2 is 1.75 bits per heavy atom.